The second kappa shape index (κ2) is 10.5. The summed E-state index contributed by atoms with van der Waals surface area (Å²) in [5.41, 5.74) is 9.59. The molecule has 3 heteroatoms. The van der Waals surface area contributed by atoms with Crippen molar-refractivity contribution in [1.82, 2.24) is 9.97 Å². The van der Waals surface area contributed by atoms with Gasteiger partial charge in [0.05, 0.1) is 18.5 Å². The van der Waals surface area contributed by atoms with Crippen LogP contribution in [0.3, 0.4) is 0 Å². The fraction of sp³-hybridized carbons (Fsp3) is 0.0286. The quantitative estimate of drug-likeness (QED) is 0.234. The van der Waals surface area contributed by atoms with Gasteiger partial charge in [0.2, 0.25) is 0 Å². The van der Waals surface area contributed by atoms with Crippen molar-refractivity contribution in [2.45, 2.75) is 0 Å². The molecule has 1 heterocycles. The van der Waals surface area contributed by atoms with Gasteiger partial charge in [-0.1, -0.05) is 109 Å². The molecule has 0 N–H and O–H groups in total. The molecular weight excluding hydrogens is 464 g/mol. The van der Waals surface area contributed by atoms with Gasteiger partial charge in [-0.05, 0) is 52.6 Å². The van der Waals surface area contributed by atoms with Crippen LogP contribution in [0.1, 0.15) is 0 Å². The van der Waals surface area contributed by atoms with E-state index in [0.29, 0.717) is 5.82 Å². The molecule has 0 amide bonds. The Kier molecular flexibility index (Phi) is 6.48. The Balaban J connectivity index is 1.34. The maximum Gasteiger partial charge on any atom is 0.160 e. The van der Waals surface area contributed by atoms with E-state index in [-0.39, 0.29) is 0 Å². The van der Waals surface area contributed by atoms with Crippen molar-refractivity contribution in [2.24, 2.45) is 0 Å². The van der Waals surface area contributed by atoms with Crippen LogP contribution < -0.4 is 4.74 Å². The van der Waals surface area contributed by atoms with Gasteiger partial charge in [0.15, 0.2) is 5.82 Å². The summed E-state index contributed by atoms with van der Waals surface area (Å²) >= 11 is 0. The predicted molar refractivity (Wildman–Crippen MR) is 156 cm³/mol. The molecule has 3 nitrogen and oxygen atoms in total. The summed E-state index contributed by atoms with van der Waals surface area (Å²) in [6, 6.07) is 47.9. The largest absolute Gasteiger partial charge is 0.497 e. The van der Waals surface area contributed by atoms with Crippen LogP contribution >= 0.6 is 0 Å². The number of methoxy groups -OCH3 is 1. The maximum atomic E-state index is 5.34. The molecule has 182 valence electrons. The van der Waals surface area contributed by atoms with Crippen molar-refractivity contribution in [1.29, 1.82) is 0 Å². The Labute approximate surface area is 223 Å². The second-order valence-corrected chi connectivity index (χ2v) is 9.08. The topological polar surface area (TPSA) is 35.0 Å². The number of aromatic nitrogens is 2. The highest BCUT2D eigenvalue weighted by Crippen LogP contribution is 2.30. The van der Waals surface area contributed by atoms with Gasteiger partial charge in [-0.25, -0.2) is 9.97 Å². The van der Waals surface area contributed by atoms with Crippen LogP contribution in [0, 0.1) is 0 Å². The van der Waals surface area contributed by atoms with Crippen molar-refractivity contribution in [3.05, 3.63) is 140 Å². The second-order valence-electron chi connectivity index (χ2n) is 9.08. The summed E-state index contributed by atoms with van der Waals surface area (Å²) in [5, 5.41) is 0. The Morgan fingerprint density at radius 2 is 0.763 bits per heavy atom. The first-order valence-corrected chi connectivity index (χ1v) is 12.6. The van der Waals surface area contributed by atoms with Gasteiger partial charge < -0.3 is 4.74 Å². The highest BCUT2D eigenvalue weighted by molar-refractivity contribution is 5.75. The molecule has 0 fully saturated rings. The molecule has 6 aromatic rings. The monoisotopic (exact) mass is 490 g/mol. The summed E-state index contributed by atoms with van der Waals surface area (Å²) in [7, 11) is 1.67. The molecule has 0 saturated heterocycles. The van der Waals surface area contributed by atoms with E-state index in [1.54, 1.807) is 7.11 Å². The average molecular weight is 491 g/mol. The van der Waals surface area contributed by atoms with E-state index in [1.807, 2.05) is 60.7 Å². The van der Waals surface area contributed by atoms with Crippen molar-refractivity contribution < 1.29 is 4.74 Å². The Morgan fingerprint density at radius 3 is 1.21 bits per heavy atom. The fourth-order valence-electron chi connectivity index (χ4n) is 4.54. The van der Waals surface area contributed by atoms with Crippen LogP contribution in [0.2, 0.25) is 0 Å². The van der Waals surface area contributed by atoms with Crippen molar-refractivity contribution >= 4 is 0 Å². The van der Waals surface area contributed by atoms with Crippen LogP contribution in [0.25, 0.3) is 56.2 Å². The first kappa shape index (κ1) is 23.4. The maximum absolute atomic E-state index is 5.34. The summed E-state index contributed by atoms with van der Waals surface area (Å²) in [6.07, 6.45) is 0. The molecule has 0 aliphatic heterocycles. The zero-order valence-electron chi connectivity index (χ0n) is 21.1. The van der Waals surface area contributed by atoms with Gasteiger partial charge in [-0.2, -0.15) is 0 Å². The smallest absolute Gasteiger partial charge is 0.160 e. The molecule has 0 radical (unpaired) electrons. The minimum Gasteiger partial charge on any atom is -0.497 e. The van der Waals surface area contributed by atoms with Crippen LogP contribution in [0.4, 0.5) is 0 Å². The van der Waals surface area contributed by atoms with Crippen molar-refractivity contribution in [3.63, 3.8) is 0 Å². The first-order valence-electron chi connectivity index (χ1n) is 12.6. The molecule has 0 atom stereocenters. The van der Waals surface area contributed by atoms with Gasteiger partial charge in [0, 0.05) is 16.7 Å². The SMILES string of the molecule is COc1ccc(-c2cc(-c3ccc(-c4ccc(-c5ccccc5)cc4)cc3)nc(-c3ccccc3)n2)cc1. The molecule has 6 rings (SSSR count). The van der Waals surface area contributed by atoms with E-state index < -0.39 is 0 Å². The molecule has 1 aromatic heterocycles. The van der Waals surface area contributed by atoms with Crippen LogP contribution in [0.15, 0.2) is 140 Å². The molecular formula is C35H26N2O. The number of hydrogen-bond donors (Lipinski definition) is 0. The van der Waals surface area contributed by atoms with E-state index in [2.05, 4.69) is 78.9 Å². The van der Waals surface area contributed by atoms with Gasteiger partial charge in [-0.15, -0.1) is 0 Å². The lowest BCUT2D eigenvalue weighted by Gasteiger charge is -2.11. The van der Waals surface area contributed by atoms with E-state index in [9.17, 15) is 0 Å². The first-order chi connectivity index (χ1) is 18.8. The van der Waals surface area contributed by atoms with E-state index in [4.69, 9.17) is 14.7 Å². The molecule has 0 bridgehead atoms. The van der Waals surface area contributed by atoms with E-state index >= 15 is 0 Å². The fourth-order valence-corrected chi connectivity index (χ4v) is 4.54. The number of hydrogen-bond acceptors (Lipinski definition) is 3. The molecule has 38 heavy (non-hydrogen) atoms. The van der Waals surface area contributed by atoms with Gasteiger partial charge >= 0.3 is 0 Å². The van der Waals surface area contributed by atoms with Gasteiger partial charge in [0.1, 0.15) is 5.75 Å². The number of ether oxygens (including phenoxy) is 1. The van der Waals surface area contributed by atoms with Crippen molar-refractivity contribution in [2.75, 3.05) is 7.11 Å². The third-order valence-corrected chi connectivity index (χ3v) is 6.65. The molecule has 5 aromatic carbocycles. The molecule has 0 saturated carbocycles. The van der Waals surface area contributed by atoms with Crippen molar-refractivity contribution in [3.8, 4) is 61.9 Å². The highest BCUT2D eigenvalue weighted by Gasteiger charge is 2.11. The van der Waals surface area contributed by atoms with E-state index in [0.717, 1.165) is 33.8 Å². The van der Waals surface area contributed by atoms with E-state index in [1.165, 1.54) is 22.3 Å². The standard InChI is InChI=1S/C35H26N2O/c1-38-32-22-20-30(21-23-32)34-24-33(36-35(37-34)31-10-6-3-7-11-31)29-18-16-28(17-19-29)27-14-12-26(13-15-27)25-8-4-2-5-9-25/h2-24H,1H3. The lowest BCUT2D eigenvalue weighted by Crippen LogP contribution is -1.96. The molecule has 0 spiro atoms. The number of nitrogens with zero attached hydrogens (tertiary/aromatic N) is 2. The third-order valence-electron chi connectivity index (χ3n) is 6.65. The Bertz CT molecular complexity index is 1640. The number of benzene rings is 5. The van der Waals surface area contributed by atoms with Gasteiger partial charge in [0.25, 0.3) is 0 Å². The lowest BCUT2D eigenvalue weighted by molar-refractivity contribution is 0.415. The highest BCUT2D eigenvalue weighted by atomic mass is 16.5. The summed E-state index contributed by atoms with van der Waals surface area (Å²) in [6.45, 7) is 0. The average Bonchev–Trinajstić information content (AvgIpc) is 3.02. The summed E-state index contributed by atoms with van der Waals surface area (Å²) in [4.78, 5) is 9.85. The normalized spacial score (nSPS) is 10.8. The molecule has 0 aliphatic carbocycles. The third kappa shape index (κ3) is 4.95. The predicted octanol–water partition coefficient (Wildman–Crippen LogP) is 8.82. The molecule has 0 aliphatic rings. The van der Waals surface area contributed by atoms with Crippen LogP contribution in [-0.4, -0.2) is 17.1 Å². The van der Waals surface area contributed by atoms with Crippen LogP contribution in [0.5, 0.6) is 5.75 Å². The van der Waals surface area contributed by atoms with Gasteiger partial charge in [-0.3, -0.25) is 0 Å². The van der Waals surface area contributed by atoms with Crippen LogP contribution in [-0.2, 0) is 0 Å². The summed E-state index contributed by atoms with van der Waals surface area (Å²) < 4.78 is 5.34. The Morgan fingerprint density at radius 1 is 0.395 bits per heavy atom. The minimum absolute atomic E-state index is 0.703. The minimum atomic E-state index is 0.703. The molecule has 0 unspecified atom stereocenters. The lowest BCUT2D eigenvalue weighted by atomic mass is 9.99. The Hall–Kier alpha value is -5.02. The zero-order chi connectivity index (χ0) is 25.7. The summed E-state index contributed by atoms with van der Waals surface area (Å²) in [5.74, 6) is 1.52. The number of rotatable bonds is 6. The zero-order valence-corrected chi connectivity index (χ0v) is 21.1.